The van der Waals surface area contributed by atoms with Crippen molar-refractivity contribution in [2.75, 3.05) is 0 Å². The summed E-state index contributed by atoms with van der Waals surface area (Å²) in [5, 5.41) is 0. The van der Waals surface area contributed by atoms with Crippen molar-refractivity contribution in [2.24, 2.45) is 0 Å². The van der Waals surface area contributed by atoms with Crippen LogP contribution in [0.4, 0.5) is 4.39 Å². The number of rotatable bonds is 5. The molecule has 0 spiro atoms. The molecule has 1 aromatic carbocycles. The molecule has 0 saturated carbocycles. The molecule has 2 heteroatoms. The average molecular weight is 282 g/mol. The number of carbonyl (C=O) groups excluding carboxylic acids is 1. The van der Waals surface area contributed by atoms with E-state index in [2.05, 4.69) is 18.4 Å². The molecule has 0 amide bonds. The van der Waals surface area contributed by atoms with Gasteiger partial charge in [0.25, 0.3) is 0 Å². The third-order valence-corrected chi connectivity index (χ3v) is 2.83. The Hall–Kier alpha value is -2.40. The first-order chi connectivity index (χ1) is 10.1. The molecule has 0 heterocycles. The first-order valence-corrected chi connectivity index (χ1v) is 6.88. The van der Waals surface area contributed by atoms with E-state index >= 15 is 0 Å². The van der Waals surface area contributed by atoms with Gasteiger partial charge in [0.2, 0.25) is 0 Å². The Morgan fingerprint density at radius 1 is 1.38 bits per heavy atom. The van der Waals surface area contributed by atoms with Gasteiger partial charge >= 0.3 is 0 Å². The van der Waals surface area contributed by atoms with Crippen molar-refractivity contribution >= 4 is 5.78 Å². The first kappa shape index (κ1) is 16.7. The molecule has 0 fully saturated rings. The van der Waals surface area contributed by atoms with Crippen molar-refractivity contribution in [3.63, 3.8) is 0 Å². The topological polar surface area (TPSA) is 17.1 Å². The lowest BCUT2D eigenvalue weighted by molar-refractivity contribution is -0.113. The number of ketones is 1. The van der Waals surface area contributed by atoms with Gasteiger partial charge in [-0.2, -0.15) is 0 Å². The van der Waals surface area contributed by atoms with Gasteiger partial charge in [0.15, 0.2) is 5.78 Å². The van der Waals surface area contributed by atoms with Crippen LogP contribution in [0.5, 0.6) is 0 Å². The van der Waals surface area contributed by atoms with Gasteiger partial charge in [0, 0.05) is 11.1 Å². The SMILES string of the molecule is C=CC(C#Cc1cccc(F)c1)=CC=C(CCC)C(C)=O. The highest BCUT2D eigenvalue weighted by Crippen LogP contribution is 2.08. The fourth-order valence-electron chi connectivity index (χ4n) is 1.71. The maximum Gasteiger partial charge on any atom is 0.155 e. The van der Waals surface area contributed by atoms with Gasteiger partial charge in [-0.15, -0.1) is 0 Å². The van der Waals surface area contributed by atoms with Crippen LogP contribution in [0.25, 0.3) is 0 Å². The summed E-state index contributed by atoms with van der Waals surface area (Å²) in [6.07, 6.45) is 6.83. The van der Waals surface area contributed by atoms with E-state index in [1.165, 1.54) is 12.1 Å². The Bertz CT molecular complexity index is 639. The molecule has 0 aromatic heterocycles. The van der Waals surface area contributed by atoms with Crippen LogP contribution in [0.3, 0.4) is 0 Å². The summed E-state index contributed by atoms with van der Waals surface area (Å²) in [4.78, 5) is 11.5. The molecule has 0 aliphatic heterocycles. The highest BCUT2D eigenvalue weighted by atomic mass is 19.1. The Morgan fingerprint density at radius 2 is 2.14 bits per heavy atom. The summed E-state index contributed by atoms with van der Waals surface area (Å²) in [7, 11) is 0. The van der Waals surface area contributed by atoms with Gasteiger partial charge in [0.1, 0.15) is 5.82 Å². The fourth-order valence-corrected chi connectivity index (χ4v) is 1.71. The van der Waals surface area contributed by atoms with E-state index in [-0.39, 0.29) is 11.6 Å². The Kier molecular flexibility index (Phi) is 6.91. The van der Waals surface area contributed by atoms with E-state index in [0.717, 1.165) is 18.4 Å². The predicted molar refractivity (Wildman–Crippen MR) is 85.2 cm³/mol. The van der Waals surface area contributed by atoms with E-state index < -0.39 is 0 Å². The molecule has 0 atom stereocenters. The molecular formula is C19H19FO. The third-order valence-electron chi connectivity index (χ3n) is 2.83. The van der Waals surface area contributed by atoms with Gasteiger partial charge in [-0.25, -0.2) is 4.39 Å². The Labute approximate surface area is 125 Å². The molecule has 1 rings (SSSR count). The molecule has 1 nitrogen and oxygen atoms in total. The average Bonchev–Trinajstić information content (AvgIpc) is 2.46. The van der Waals surface area contributed by atoms with Crippen LogP contribution in [0.15, 0.2) is 60.2 Å². The summed E-state index contributed by atoms with van der Waals surface area (Å²) in [5.74, 6) is 5.55. The van der Waals surface area contributed by atoms with Crippen molar-refractivity contribution in [1.29, 1.82) is 0 Å². The van der Waals surface area contributed by atoms with Gasteiger partial charge in [-0.3, -0.25) is 4.79 Å². The highest BCUT2D eigenvalue weighted by molar-refractivity contribution is 5.93. The zero-order chi connectivity index (χ0) is 15.7. The van der Waals surface area contributed by atoms with Crippen LogP contribution in [0.1, 0.15) is 32.3 Å². The second-order valence-corrected chi connectivity index (χ2v) is 4.58. The predicted octanol–water partition coefficient (Wildman–Crippen LogP) is 4.61. The monoisotopic (exact) mass is 282 g/mol. The maximum absolute atomic E-state index is 13.1. The number of Topliss-reactive ketones (excluding diaryl/α,β-unsaturated/α-hetero) is 1. The number of hydrogen-bond acceptors (Lipinski definition) is 1. The summed E-state index contributed by atoms with van der Waals surface area (Å²) in [6.45, 7) is 7.28. The molecule has 0 bridgehead atoms. The largest absolute Gasteiger partial charge is 0.295 e. The zero-order valence-corrected chi connectivity index (χ0v) is 12.4. The van der Waals surface area contributed by atoms with Crippen molar-refractivity contribution in [3.05, 3.63) is 71.6 Å². The van der Waals surface area contributed by atoms with Crippen molar-refractivity contribution in [1.82, 2.24) is 0 Å². The summed E-state index contributed by atoms with van der Waals surface area (Å²) in [6, 6.07) is 6.11. The quantitative estimate of drug-likeness (QED) is 0.438. The molecule has 0 unspecified atom stereocenters. The minimum absolute atomic E-state index is 0.0644. The highest BCUT2D eigenvalue weighted by Gasteiger charge is 2.00. The molecule has 0 N–H and O–H groups in total. The normalized spacial score (nSPS) is 11.6. The number of carbonyl (C=O) groups is 1. The van der Waals surface area contributed by atoms with Gasteiger partial charge < -0.3 is 0 Å². The molecule has 0 radical (unpaired) electrons. The van der Waals surface area contributed by atoms with Crippen LogP contribution in [0, 0.1) is 17.7 Å². The Balaban J connectivity index is 2.98. The number of benzene rings is 1. The second kappa shape index (κ2) is 8.71. The Morgan fingerprint density at radius 3 is 2.71 bits per heavy atom. The fraction of sp³-hybridized carbons (Fsp3) is 0.211. The third kappa shape index (κ3) is 6.05. The van der Waals surface area contributed by atoms with Crippen molar-refractivity contribution < 1.29 is 9.18 Å². The minimum atomic E-state index is -0.312. The molecule has 108 valence electrons. The van der Waals surface area contributed by atoms with E-state index in [4.69, 9.17) is 0 Å². The lowest BCUT2D eigenvalue weighted by Gasteiger charge is -1.98. The molecule has 1 aromatic rings. The van der Waals surface area contributed by atoms with Crippen LogP contribution in [-0.4, -0.2) is 5.78 Å². The van der Waals surface area contributed by atoms with Gasteiger partial charge in [-0.1, -0.05) is 50.0 Å². The van der Waals surface area contributed by atoms with Crippen LogP contribution in [0.2, 0.25) is 0 Å². The second-order valence-electron chi connectivity index (χ2n) is 4.58. The van der Waals surface area contributed by atoms with E-state index in [1.54, 1.807) is 37.3 Å². The molecule has 0 saturated heterocycles. The molecule has 21 heavy (non-hydrogen) atoms. The van der Waals surface area contributed by atoms with Gasteiger partial charge in [0.05, 0.1) is 0 Å². The van der Waals surface area contributed by atoms with Crippen molar-refractivity contribution in [3.8, 4) is 11.8 Å². The molecule has 0 aliphatic rings. The van der Waals surface area contributed by atoms with Crippen LogP contribution in [-0.2, 0) is 4.79 Å². The lowest BCUT2D eigenvalue weighted by Crippen LogP contribution is -1.95. The van der Waals surface area contributed by atoms with Crippen molar-refractivity contribution in [2.45, 2.75) is 26.7 Å². The summed E-state index contributed by atoms with van der Waals surface area (Å²) < 4.78 is 13.1. The van der Waals surface area contributed by atoms with E-state index in [1.807, 2.05) is 6.92 Å². The first-order valence-electron chi connectivity index (χ1n) is 6.88. The standard InChI is InChI=1S/C19H19FO/c1-4-7-18(15(3)21)13-12-16(5-2)10-11-17-8-6-9-19(20)14-17/h5-6,8-9,12-14H,2,4,7H2,1,3H3. The lowest BCUT2D eigenvalue weighted by atomic mass is 10.1. The number of allylic oxidation sites excluding steroid dienone is 5. The van der Waals surface area contributed by atoms with E-state index in [9.17, 15) is 9.18 Å². The molecular weight excluding hydrogens is 263 g/mol. The maximum atomic E-state index is 13.1. The van der Waals surface area contributed by atoms with Gasteiger partial charge in [-0.05, 0) is 43.2 Å². The van der Waals surface area contributed by atoms with Crippen LogP contribution < -0.4 is 0 Å². The zero-order valence-electron chi connectivity index (χ0n) is 12.4. The van der Waals surface area contributed by atoms with E-state index in [0.29, 0.717) is 11.1 Å². The number of hydrogen-bond donors (Lipinski definition) is 0. The smallest absolute Gasteiger partial charge is 0.155 e. The molecule has 0 aliphatic carbocycles. The summed E-state index contributed by atoms with van der Waals surface area (Å²) >= 11 is 0. The minimum Gasteiger partial charge on any atom is -0.295 e. The van der Waals surface area contributed by atoms with Crippen LogP contribution >= 0.6 is 0 Å². The summed E-state index contributed by atoms with van der Waals surface area (Å²) in [5.41, 5.74) is 2.06. The number of halogens is 1.